The van der Waals surface area contributed by atoms with Crippen molar-refractivity contribution in [1.82, 2.24) is 20.3 Å². The molecule has 0 radical (unpaired) electrons. The van der Waals surface area contributed by atoms with Crippen LogP contribution in [0.5, 0.6) is 0 Å². The molecule has 0 aliphatic carbocycles. The number of carbonyl (C=O) groups excluding carboxylic acids is 3. The van der Waals surface area contributed by atoms with E-state index in [-0.39, 0.29) is 13.2 Å². The Hall–Kier alpha value is -3.07. The van der Waals surface area contributed by atoms with E-state index in [0.717, 1.165) is 4.90 Å². The molecule has 2 saturated heterocycles. The lowest BCUT2D eigenvalue weighted by atomic mass is 10.0. The summed E-state index contributed by atoms with van der Waals surface area (Å²) in [4.78, 5) is 59.2. The van der Waals surface area contributed by atoms with Crippen LogP contribution in [0.3, 0.4) is 0 Å². The molecule has 2 N–H and O–H groups in total. The van der Waals surface area contributed by atoms with Crippen LogP contribution in [-0.2, 0) is 24.0 Å². The van der Waals surface area contributed by atoms with Gasteiger partial charge < -0.3 is 14.7 Å². The maximum Gasteiger partial charge on any atom is 0.407 e. The van der Waals surface area contributed by atoms with E-state index in [0.29, 0.717) is 15.5 Å². The lowest BCUT2D eigenvalue weighted by molar-refractivity contribution is -0.223. The summed E-state index contributed by atoms with van der Waals surface area (Å²) >= 11 is 0. The summed E-state index contributed by atoms with van der Waals surface area (Å²) in [6.45, 7) is 1.36. The van der Waals surface area contributed by atoms with Crippen LogP contribution in [0.4, 0.5) is 22.8 Å². The van der Waals surface area contributed by atoms with Crippen molar-refractivity contribution in [3.63, 3.8) is 0 Å². The fraction of sp³-hybridized carbons (Fsp3) is 0.667. The lowest BCUT2D eigenvalue weighted by Crippen LogP contribution is -2.50. The van der Waals surface area contributed by atoms with Crippen LogP contribution in [0.2, 0.25) is 0 Å². The number of carbonyl (C=O) groups is 4. The Bertz CT molecular complexity index is 857. The van der Waals surface area contributed by atoms with E-state index in [1.54, 1.807) is 0 Å². The summed E-state index contributed by atoms with van der Waals surface area (Å²) in [6, 6.07) is -4.00. The van der Waals surface area contributed by atoms with E-state index in [2.05, 4.69) is 4.74 Å². The number of halogens is 3. The molecular weight excluding hydrogens is 457 g/mol. The van der Waals surface area contributed by atoms with Gasteiger partial charge in [0.1, 0.15) is 6.04 Å². The van der Waals surface area contributed by atoms with Crippen LogP contribution in [0, 0.1) is 0 Å². The average molecular weight is 480 g/mol. The first-order valence-electron chi connectivity index (χ1n) is 10.00. The molecular formula is C18H23F3N4O8. The van der Waals surface area contributed by atoms with Crippen LogP contribution in [0.1, 0.15) is 20.3 Å². The number of esters is 1. The number of hydrogen-bond acceptors (Lipinski definition) is 7. The Balaban J connectivity index is 1.58. The third-order valence-corrected chi connectivity index (χ3v) is 5.31. The van der Waals surface area contributed by atoms with Crippen molar-refractivity contribution >= 4 is 24.0 Å². The number of ether oxygens (including phenoxy) is 1. The van der Waals surface area contributed by atoms with Gasteiger partial charge in [0.15, 0.2) is 0 Å². The first kappa shape index (κ1) is 24.6. The van der Waals surface area contributed by atoms with Gasteiger partial charge in [-0.15, -0.1) is 0 Å². The topological polar surface area (TPSA) is 138 Å². The Morgan fingerprint density at radius 2 is 2.06 bits per heavy atom. The predicted octanol–water partition coefficient (Wildman–Crippen LogP) is 0.647. The normalized spacial score (nSPS) is 26.8. The highest BCUT2D eigenvalue weighted by Crippen LogP contribution is 2.32. The van der Waals surface area contributed by atoms with Crippen LogP contribution >= 0.6 is 0 Å². The summed E-state index contributed by atoms with van der Waals surface area (Å²) in [7, 11) is 0. The molecule has 15 heteroatoms. The quantitative estimate of drug-likeness (QED) is 0.293. The molecule has 3 aliphatic heterocycles. The number of likely N-dealkylation sites (tertiary alicyclic amines) is 1. The van der Waals surface area contributed by atoms with Crippen LogP contribution in [-0.4, -0.2) is 101 Å². The molecule has 3 heterocycles. The smallest absolute Gasteiger partial charge is 0.407 e. The predicted molar refractivity (Wildman–Crippen MR) is 100 cm³/mol. The molecule has 2 fully saturated rings. The minimum absolute atomic E-state index is 0.0502. The van der Waals surface area contributed by atoms with Crippen molar-refractivity contribution in [3.8, 4) is 0 Å². The van der Waals surface area contributed by atoms with Gasteiger partial charge in [0.2, 0.25) is 0 Å². The second-order valence-corrected chi connectivity index (χ2v) is 7.72. The van der Waals surface area contributed by atoms with Gasteiger partial charge in [-0.2, -0.15) is 5.06 Å². The fourth-order valence-electron chi connectivity index (χ4n) is 3.96. The molecule has 184 valence electrons. The molecule has 0 saturated carbocycles. The number of rotatable bonds is 8. The fourth-order valence-corrected chi connectivity index (χ4v) is 3.96. The molecule has 12 nitrogen and oxygen atoms in total. The van der Waals surface area contributed by atoms with Gasteiger partial charge in [-0.05, 0) is 19.4 Å². The average Bonchev–Trinajstić information content (AvgIpc) is 3.16. The summed E-state index contributed by atoms with van der Waals surface area (Å²) < 4.78 is 45.5. The lowest BCUT2D eigenvalue weighted by Gasteiger charge is -2.29. The van der Waals surface area contributed by atoms with Crippen molar-refractivity contribution in [2.45, 2.75) is 50.7 Å². The zero-order valence-electron chi connectivity index (χ0n) is 17.7. The van der Waals surface area contributed by atoms with Crippen molar-refractivity contribution in [2.24, 2.45) is 0 Å². The number of fused-ring (bicyclic) bond motifs is 2. The van der Waals surface area contributed by atoms with Gasteiger partial charge in [-0.25, -0.2) is 37.9 Å². The standard InChI is InChI=1S/C18H23F3N4O8/c1-3-31-15(27)13(19)33-25-10-4-9(2)12(23(6-10)16(25)28)14(26)22-32-7-11-5-18(20,21)8-24(11)17(29)30/h4,10-13H,3,5-8H2,1-2H3,(H,22,26)(H,29,30)/t10-,11+,12+,13-/m1/s1. The molecule has 0 spiro atoms. The van der Waals surface area contributed by atoms with Crippen molar-refractivity contribution in [1.29, 1.82) is 0 Å². The van der Waals surface area contributed by atoms with Gasteiger partial charge in [-0.1, -0.05) is 6.08 Å². The molecule has 0 aromatic heterocycles. The molecule has 2 bridgehead atoms. The van der Waals surface area contributed by atoms with Gasteiger partial charge in [0.25, 0.3) is 11.8 Å². The summed E-state index contributed by atoms with van der Waals surface area (Å²) in [5.41, 5.74) is 2.43. The molecule has 0 unspecified atom stereocenters. The van der Waals surface area contributed by atoms with Crippen molar-refractivity contribution in [2.75, 3.05) is 26.3 Å². The van der Waals surface area contributed by atoms with Crippen LogP contribution < -0.4 is 5.48 Å². The molecule has 3 aliphatic rings. The molecule has 0 aromatic rings. The van der Waals surface area contributed by atoms with E-state index >= 15 is 0 Å². The number of hydroxylamine groups is 3. The Morgan fingerprint density at radius 3 is 2.70 bits per heavy atom. The van der Waals surface area contributed by atoms with Gasteiger partial charge in [0.05, 0.1) is 38.4 Å². The molecule has 33 heavy (non-hydrogen) atoms. The second kappa shape index (κ2) is 9.43. The Kier molecular flexibility index (Phi) is 7.02. The van der Waals surface area contributed by atoms with E-state index in [1.807, 2.05) is 5.48 Å². The van der Waals surface area contributed by atoms with E-state index < -0.39 is 74.0 Å². The van der Waals surface area contributed by atoms with Gasteiger partial charge in [-0.3, -0.25) is 14.5 Å². The highest BCUT2D eigenvalue weighted by Gasteiger charge is 2.50. The molecule has 4 atom stereocenters. The zero-order chi connectivity index (χ0) is 24.5. The Labute approximate surface area is 185 Å². The molecule has 3 rings (SSSR count). The third kappa shape index (κ3) is 5.13. The largest absolute Gasteiger partial charge is 0.465 e. The van der Waals surface area contributed by atoms with E-state index in [9.17, 15) is 32.3 Å². The highest BCUT2D eigenvalue weighted by atomic mass is 19.3. The third-order valence-electron chi connectivity index (χ3n) is 5.31. The van der Waals surface area contributed by atoms with E-state index in [1.165, 1.54) is 19.9 Å². The summed E-state index contributed by atoms with van der Waals surface area (Å²) in [5, 5.41) is 9.67. The number of hydrogen-bond donors (Lipinski definition) is 2. The number of alkyl halides is 3. The van der Waals surface area contributed by atoms with Crippen molar-refractivity contribution < 1.29 is 51.9 Å². The first-order valence-corrected chi connectivity index (χ1v) is 10.00. The first-order chi connectivity index (χ1) is 15.4. The number of amides is 4. The SMILES string of the molecule is CCOC(=O)[C@H](F)ON1C(=O)N2C[C@H]1C=C(C)[C@H]2C(=O)NOC[C@@H]1CC(F)(F)CN1C(=O)O. The van der Waals surface area contributed by atoms with Crippen LogP contribution in [0.25, 0.3) is 0 Å². The zero-order valence-corrected chi connectivity index (χ0v) is 17.7. The highest BCUT2D eigenvalue weighted by molar-refractivity contribution is 5.91. The monoisotopic (exact) mass is 480 g/mol. The Morgan fingerprint density at radius 1 is 1.36 bits per heavy atom. The van der Waals surface area contributed by atoms with E-state index in [4.69, 9.17) is 14.8 Å². The summed E-state index contributed by atoms with van der Waals surface area (Å²) in [6.07, 6.45) is -3.37. The number of urea groups is 1. The number of carboxylic acid groups (broad SMARTS) is 1. The van der Waals surface area contributed by atoms with Gasteiger partial charge >= 0.3 is 24.5 Å². The maximum absolute atomic E-state index is 13.9. The van der Waals surface area contributed by atoms with Crippen LogP contribution in [0.15, 0.2) is 11.6 Å². The second-order valence-electron chi connectivity index (χ2n) is 7.72. The number of nitrogens with zero attached hydrogens (tertiary/aromatic N) is 3. The van der Waals surface area contributed by atoms with Crippen molar-refractivity contribution in [3.05, 3.63) is 11.6 Å². The molecule has 0 aromatic carbocycles. The number of nitrogens with one attached hydrogen (secondary N) is 1. The maximum atomic E-state index is 13.9. The summed E-state index contributed by atoms with van der Waals surface area (Å²) in [5.74, 6) is -5.35. The molecule has 4 amide bonds. The minimum atomic E-state index is -3.21. The van der Waals surface area contributed by atoms with Gasteiger partial charge in [0, 0.05) is 6.42 Å². The minimum Gasteiger partial charge on any atom is -0.465 e.